The van der Waals surface area contributed by atoms with Gasteiger partial charge in [-0.05, 0) is 12.0 Å². The van der Waals surface area contributed by atoms with Gasteiger partial charge in [0.15, 0.2) is 0 Å². The summed E-state index contributed by atoms with van der Waals surface area (Å²) in [5.41, 5.74) is 1.34. The van der Waals surface area contributed by atoms with Crippen LogP contribution in [0.15, 0.2) is 23.9 Å². The fourth-order valence-corrected chi connectivity index (χ4v) is 1.41. The molecular formula is C8H11N2. The van der Waals surface area contributed by atoms with Gasteiger partial charge in [0, 0.05) is 25.3 Å². The van der Waals surface area contributed by atoms with Crippen molar-refractivity contribution in [3.05, 3.63) is 23.9 Å². The average molecular weight is 135 g/mol. The molecule has 0 saturated carbocycles. The monoisotopic (exact) mass is 135 g/mol. The molecule has 0 fully saturated rings. The van der Waals surface area contributed by atoms with E-state index in [0.717, 1.165) is 19.5 Å². The zero-order valence-electron chi connectivity index (χ0n) is 5.88. The Bertz CT molecular complexity index is 182. The number of fused-ring (bicyclic) bond motifs is 1. The van der Waals surface area contributed by atoms with Crippen LogP contribution in [-0.4, -0.2) is 19.1 Å². The maximum Gasteiger partial charge on any atom is 0.0407 e. The van der Waals surface area contributed by atoms with E-state index < -0.39 is 0 Å². The Hall–Kier alpha value is -0.760. The number of rotatable bonds is 0. The van der Waals surface area contributed by atoms with E-state index in [-0.39, 0.29) is 0 Å². The van der Waals surface area contributed by atoms with Crippen molar-refractivity contribution >= 4 is 0 Å². The molecule has 1 unspecified atom stereocenters. The summed E-state index contributed by atoms with van der Waals surface area (Å²) in [5.74, 6) is 0. The van der Waals surface area contributed by atoms with Crippen molar-refractivity contribution in [2.45, 2.75) is 12.5 Å². The van der Waals surface area contributed by atoms with Gasteiger partial charge in [-0.15, -0.1) is 0 Å². The second-order valence-electron chi connectivity index (χ2n) is 2.69. The smallest absolute Gasteiger partial charge is 0.0407 e. The van der Waals surface area contributed by atoms with Crippen molar-refractivity contribution in [3.63, 3.8) is 0 Å². The largest absolute Gasteiger partial charge is 0.306 e. The first kappa shape index (κ1) is 5.98. The second kappa shape index (κ2) is 2.46. The Morgan fingerprint density at radius 1 is 1.60 bits per heavy atom. The van der Waals surface area contributed by atoms with Gasteiger partial charge >= 0.3 is 0 Å². The molecule has 0 spiro atoms. The molecular weight excluding hydrogens is 124 g/mol. The number of hydrogen-bond acceptors (Lipinski definition) is 1. The first-order chi connectivity index (χ1) is 4.97. The fraction of sp³-hybridized carbons (Fsp3) is 0.500. The summed E-state index contributed by atoms with van der Waals surface area (Å²) in [6, 6.07) is 0.586. The zero-order chi connectivity index (χ0) is 6.81. The van der Waals surface area contributed by atoms with Gasteiger partial charge < -0.3 is 5.32 Å². The van der Waals surface area contributed by atoms with Gasteiger partial charge in [-0.2, -0.15) is 0 Å². The van der Waals surface area contributed by atoms with Crippen LogP contribution >= 0.6 is 0 Å². The predicted molar refractivity (Wildman–Crippen MR) is 40.6 cm³/mol. The molecule has 2 heteroatoms. The molecule has 0 aliphatic carbocycles. The quantitative estimate of drug-likeness (QED) is 0.511. The van der Waals surface area contributed by atoms with Crippen molar-refractivity contribution in [2.24, 2.45) is 0 Å². The van der Waals surface area contributed by atoms with Gasteiger partial charge in [0.2, 0.25) is 0 Å². The molecule has 2 nitrogen and oxygen atoms in total. The minimum Gasteiger partial charge on any atom is -0.306 e. The summed E-state index contributed by atoms with van der Waals surface area (Å²) in [4.78, 5) is 0. The highest BCUT2D eigenvalue weighted by Crippen LogP contribution is 2.14. The first-order valence-corrected chi connectivity index (χ1v) is 3.73. The third-order valence-corrected chi connectivity index (χ3v) is 1.98. The van der Waals surface area contributed by atoms with Crippen LogP contribution in [0.25, 0.3) is 0 Å². The minimum atomic E-state index is 0.586. The Labute approximate surface area is 61.0 Å². The summed E-state index contributed by atoms with van der Waals surface area (Å²) >= 11 is 0. The molecule has 2 heterocycles. The molecule has 2 aliphatic heterocycles. The van der Waals surface area contributed by atoms with Crippen molar-refractivity contribution in [1.82, 2.24) is 10.6 Å². The highest BCUT2D eigenvalue weighted by atomic mass is 15.0. The third-order valence-electron chi connectivity index (χ3n) is 1.98. The first-order valence-electron chi connectivity index (χ1n) is 3.73. The number of hydrogen-bond donors (Lipinski definition) is 1. The van der Waals surface area contributed by atoms with Crippen molar-refractivity contribution < 1.29 is 0 Å². The highest BCUT2D eigenvalue weighted by Gasteiger charge is 2.16. The lowest BCUT2D eigenvalue weighted by atomic mass is 9.99. The van der Waals surface area contributed by atoms with Crippen LogP contribution in [0.3, 0.4) is 0 Å². The number of nitrogens with one attached hydrogen (secondary N) is 1. The van der Waals surface area contributed by atoms with Crippen LogP contribution in [0, 0.1) is 0 Å². The maximum absolute atomic E-state index is 4.21. The summed E-state index contributed by atoms with van der Waals surface area (Å²) in [5, 5.41) is 7.61. The fourth-order valence-electron chi connectivity index (χ4n) is 1.41. The Kier molecular flexibility index (Phi) is 1.47. The Balaban J connectivity index is 2.21. The molecule has 1 atom stereocenters. The minimum absolute atomic E-state index is 0.586. The normalized spacial score (nSPS) is 30.4. The van der Waals surface area contributed by atoms with E-state index in [2.05, 4.69) is 22.8 Å². The molecule has 0 amide bonds. The highest BCUT2D eigenvalue weighted by molar-refractivity contribution is 5.28. The molecule has 0 aromatic carbocycles. The van der Waals surface area contributed by atoms with Gasteiger partial charge in [-0.25, -0.2) is 0 Å². The van der Waals surface area contributed by atoms with E-state index in [0.29, 0.717) is 6.04 Å². The third kappa shape index (κ3) is 0.948. The van der Waals surface area contributed by atoms with Crippen molar-refractivity contribution in [1.29, 1.82) is 0 Å². The lowest BCUT2D eigenvalue weighted by molar-refractivity contribution is 0.522. The molecule has 53 valence electrons. The van der Waals surface area contributed by atoms with Gasteiger partial charge in [-0.3, -0.25) is 5.32 Å². The molecule has 0 aromatic rings. The van der Waals surface area contributed by atoms with Crippen LogP contribution in [-0.2, 0) is 0 Å². The topological polar surface area (TPSA) is 26.1 Å². The van der Waals surface area contributed by atoms with Crippen LogP contribution in [0.5, 0.6) is 0 Å². The van der Waals surface area contributed by atoms with E-state index in [1.807, 2.05) is 6.20 Å². The maximum atomic E-state index is 4.21. The van der Waals surface area contributed by atoms with Crippen LogP contribution in [0.4, 0.5) is 0 Å². The van der Waals surface area contributed by atoms with Gasteiger partial charge in [-0.1, -0.05) is 12.2 Å². The van der Waals surface area contributed by atoms with E-state index in [1.54, 1.807) is 0 Å². The van der Waals surface area contributed by atoms with Gasteiger partial charge in [0.05, 0.1) is 0 Å². The molecule has 2 rings (SSSR count). The molecule has 1 radical (unpaired) electrons. The number of nitrogens with zero attached hydrogens (tertiary/aromatic N) is 1. The van der Waals surface area contributed by atoms with E-state index in [4.69, 9.17) is 0 Å². The standard InChI is InChI=1S/C8H11N2/c1-2-7-6-9-5-3-8(7)10-4-1/h1-2,6,8,10H,3-5H2. The lowest BCUT2D eigenvalue weighted by Crippen LogP contribution is -2.37. The summed E-state index contributed by atoms with van der Waals surface area (Å²) in [6.45, 7) is 2.00. The second-order valence-corrected chi connectivity index (χ2v) is 2.69. The SMILES string of the molecule is C1=CC2=C[N]CCC2NC1. The Morgan fingerprint density at radius 3 is 3.50 bits per heavy atom. The van der Waals surface area contributed by atoms with Crippen LogP contribution < -0.4 is 10.6 Å². The Morgan fingerprint density at radius 2 is 2.60 bits per heavy atom. The molecule has 2 aliphatic rings. The zero-order valence-corrected chi connectivity index (χ0v) is 5.88. The van der Waals surface area contributed by atoms with E-state index in [1.165, 1.54) is 5.57 Å². The summed E-state index contributed by atoms with van der Waals surface area (Å²) < 4.78 is 0. The van der Waals surface area contributed by atoms with Gasteiger partial charge in [0.1, 0.15) is 0 Å². The molecule has 10 heavy (non-hydrogen) atoms. The van der Waals surface area contributed by atoms with Crippen molar-refractivity contribution in [3.8, 4) is 0 Å². The van der Waals surface area contributed by atoms with Crippen LogP contribution in [0.1, 0.15) is 6.42 Å². The average Bonchev–Trinajstić information content (AvgIpc) is 2.05. The van der Waals surface area contributed by atoms with E-state index >= 15 is 0 Å². The van der Waals surface area contributed by atoms with Gasteiger partial charge in [0.25, 0.3) is 0 Å². The lowest BCUT2D eigenvalue weighted by Gasteiger charge is -2.25. The molecule has 0 saturated heterocycles. The van der Waals surface area contributed by atoms with Crippen LogP contribution in [0.2, 0.25) is 0 Å². The van der Waals surface area contributed by atoms with Crippen molar-refractivity contribution in [2.75, 3.05) is 13.1 Å². The predicted octanol–water partition coefficient (Wildman–Crippen LogP) is 0.406. The molecule has 1 N–H and O–H groups in total. The molecule has 0 bridgehead atoms. The summed E-state index contributed by atoms with van der Waals surface area (Å²) in [6.07, 6.45) is 7.46. The van der Waals surface area contributed by atoms with E-state index in [9.17, 15) is 0 Å². The molecule has 0 aromatic heterocycles. The summed E-state index contributed by atoms with van der Waals surface area (Å²) in [7, 11) is 0.